The third-order valence-electron chi connectivity index (χ3n) is 5.54. The Bertz CT molecular complexity index is 1360. The van der Waals surface area contributed by atoms with Gasteiger partial charge in [-0.25, -0.2) is 0 Å². The van der Waals surface area contributed by atoms with Gasteiger partial charge in [-0.3, -0.25) is 19.5 Å². The summed E-state index contributed by atoms with van der Waals surface area (Å²) >= 11 is 1.50. The van der Waals surface area contributed by atoms with Crippen LogP contribution in [0.1, 0.15) is 35.5 Å². The van der Waals surface area contributed by atoms with E-state index in [0.717, 1.165) is 11.1 Å². The highest BCUT2D eigenvalue weighted by Gasteiger charge is 2.22. The van der Waals surface area contributed by atoms with Crippen LogP contribution in [0.15, 0.2) is 84.0 Å². The molecular weight excluding hydrogens is 490 g/mol. The quantitative estimate of drug-likeness (QED) is 0.166. The highest BCUT2D eigenvalue weighted by Crippen LogP contribution is 2.28. The molecule has 1 N–H and O–H groups in total. The Morgan fingerprint density at radius 3 is 2.49 bits per heavy atom. The Morgan fingerprint density at radius 2 is 1.78 bits per heavy atom. The molecule has 0 saturated heterocycles. The fourth-order valence-corrected chi connectivity index (χ4v) is 4.66. The van der Waals surface area contributed by atoms with Crippen LogP contribution in [0.25, 0.3) is 5.69 Å². The summed E-state index contributed by atoms with van der Waals surface area (Å²) in [5, 5.41) is 23.4. The summed E-state index contributed by atoms with van der Waals surface area (Å²) in [7, 11) is 0. The zero-order valence-corrected chi connectivity index (χ0v) is 21.4. The summed E-state index contributed by atoms with van der Waals surface area (Å²) in [6.07, 6.45) is 0. The zero-order chi connectivity index (χ0) is 26.2. The molecule has 0 saturated carbocycles. The number of thioether (sulfide) groups is 1. The number of hydrogen-bond acceptors (Lipinski definition) is 7. The van der Waals surface area contributed by atoms with E-state index in [1.165, 1.54) is 29.5 Å². The Hall–Kier alpha value is -4.02. The van der Waals surface area contributed by atoms with Crippen molar-refractivity contribution in [3.63, 3.8) is 0 Å². The SMILES string of the molecule is Cc1cccc(CSc2nnc(C(C)NC(=O)COCc3ccccc3)n2-c2ccc([N+](=O)[O-])cc2)c1. The lowest BCUT2D eigenvalue weighted by molar-refractivity contribution is -0.384. The molecule has 1 amide bonds. The predicted octanol–water partition coefficient (Wildman–Crippen LogP) is 5.17. The molecule has 4 aromatic rings. The van der Waals surface area contributed by atoms with Gasteiger partial charge in [0.15, 0.2) is 11.0 Å². The van der Waals surface area contributed by atoms with Gasteiger partial charge in [0.25, 0.3) is 5.69 Å². The maximum Gasteiger partial charge on any atom is 0.269 e. The van der Waals surface area contributed by atoms with Gasteiger partial charge in [-0.1, -0.05) is 71.9 Å². The van der Waals surface area contributed by atoms with E-state index < -0.39 is 11.0 Å². The fourth-order valence-electron chi connectivity index (χ4n) is 3.75. The first-order valence-electron chi connectivity index (χ1n) is 11.7. The second-order valence-electron chi connectivity index (χ2n) is 8.50. The Morgan fingerprint density at radius 1 is 1.05 bits per heavy atom. The molecule has 9 nitrogen and oxygen atoms in total. The van der Waals surface area contributed by atoms with Gasteiger partial charge in [0.2, 0.25) is 5.91 Å². The highest BCUT2D eigenvalue weighted by molar-refractivity contribution is 7.98. The molecular formula is C27H27N5O4S. The lowest BCUT2D eigenvalue weighted by Crippen LogP contribution is -2.31. The van der Waals surface area contributed by atoms with Crippen LogP contribution in [0, 0.1) is 17.0 Å². The summed E-state index contributed by atoms with van der Waals surface area (Å²) in [6.45, 7) is 4.09. The summed E-state index contributed by atoms with van der Waals surface area (Å²) in [4.78, 5) is 23.3. The first-order chi connectivity index (χ1) is 17.9. The molecule has 1 heterocycles. The van der Waals surface area contributed by atoms with E-state index in [1.54, 1.807) is 12.1 Å². The second-order valence-corrected chi connectivity index (χ2v) is 9.44. The number of carbonyl (C=O) groups is 1. The van der Waals surface area contributed by atoms with Gasteiger partial charge >= 0.3 is 0 Å². The van der Waals surface area contributed by atoms with Crippen molar-refractivity contribution in [3.8, 4) is 5.69 Å². The van der Waals surface area contributed by atoms with Crippen LogP contribution in [-0.4, -0.2) is 32.2 Å². The van der Waals surface area contributed by atoms with Crippen LogP contribution in [0.4, 0.5) is 5.69 Å². The minimum absolute atomic E-state index is 0.00995. The topological polar surface area (TPSA) is 112 Å². The van der Waals surface area contributed by atoms with Gasteiger partial charge in [0.1, 0.15) is 6.61 Å². The average molecular weight is 518 g/mol. The van der Waals surface area contributed by atoms with Gasteiger partial charge in [-0.15, -0.1) is 10.2 Å². The molecule has 0 spiro atoms. The van der Waals surface area contributed by atoms with Gasteiger partial charge in [-0.05, 0) is 37.1 Å². The molecule has 190 valence electrons. The van der Waals surface area contributed by atoms with Crippen molar-refractivity contribution in [2.75, 3.05) is 6.61 Å². The lowest BCUT2D eigenvalue weighted by Gasteiger charge is -2.16. The van der Waals surface area contributed by atoms with Crippen molar-refractivity contribution in [2.24, 2.45) is 0 Å². The van der Waals surface area contributed by atoms with Crippen molar-refractivity contribution < 1.29 is 14.5 Å². The summed E-state index contributed by atoms with van der Waals surface area (Å²) < 4.78 is 7.37. The normalized spacial score (nSPS) is 11.7. The minimum Gasteiger partial charge on any atom is -0.367 e. The van der Waals surface area contributed by atoms with Gasteiger partial charge in [-0.2, -0.15) is 0 Å². The van der Waals surface area contributed by atoms with E-state index in [4.69, 9.17) is 4.74 Å². The lowest BCUT2D eigenvalue weighted by atomic mass is 10.2. The Labute approximate surface area is 219 Å². The average Bonchev–Trinajstić information content (AvgIpc) is 3.32. The molecule has 10 heteroatoms. The second kappa shape index (κ2) is 12.3. The summed E-state index contributed by atoms with van der Waals surface area (Å²) in [5.41, 5.74) is 3.95. The van der Waals surface area contributed by atoms with E-state index in [2.05, 4.69) is 21.6 Å². The number of hydrogen-bond donors (Lipinski definition) is 1. The molecule has 1 atom stereocenters. The number of aryl methyl sites for hydroxylation is 1. The first-order valence-corrected chi connectivity index (χ1v) is 12.7. The summed E-state index contributed by atoms with van der Waals surface area (Å²) in [6, 6.07) is 23.5. The van der Waals surface area contributed by atoms with E-state index >= 15 is 0 Å². The largest absolute Gasteiger partial charge is 0.367 e. The smallest absolute Gasteiger partial charge is 0.269 e. The number of non-ortho nitro benzene ring substituents is 1. The number of nitro benzene ring substituents is 1. The molecule has 1 aromatic heterocycles. The third-order valence-corrected chi connectivity index (χ3v) is 6.54. The molecule has 0 radical (unpaired) electrons. The minimum atomic E-state index is -0.483. The number of amides is 1. The number of aromatic nitrogens is 3. The van der Waals surface area contributed by atoms with Crippen LogP contribution in [0.5, 0.6) is 0 Å². The van der Waals surface area contributed by atoms with Crippen molar-refractivity contribution in [3.05, 3.63) is 111 Å². The highest BCUT2D eigenvalue weighted by atomic mass is 32.2. The summed E-state index contributed by atoms with van der Waals surface area (Å²) in [5.74, 6) is 0.897. The van der Waals surface area contributed by atoms with E-state index in [-0.39, 0.29) is 18.2 Å². The maximum atomic E-state index is 12.6. The molecule has 3 aromatic carbocycles. The van der Waals surface area contributed by atoms with E-state index in [9.17, 15) is 14.9 Å². The number of ether oxygens (including phenoxy) is 1. The first kappa shape index (κ1) is 26.1. The Kier molecular flexibility index (Phi) is 8.65. The maximum absolute atomic E-state index is 12.6. The third kappa shape index (κ3) is 7.02. The number of benzene rings is 3. The van der Waals surface area contributed by atoms with Crippen LogP contribution >= 0.6 is 11.8 Å². The van der Waals surface area contributed by atoms with Crippen LogP contribution in [0.2, 0.25) is 0 Å². The zero-order valence-electron chi connectivity index (χ0n) is 20.5. The number of rotatable bonds is 11. The molecule has 0 bridgehead atoms. The van der Waals surface area contributed by atoms with Gasteiger partial charge in [0, 0.05) is 23.6 Å². The molecule has 0 fully saturated rings. The fraction of sp³-hybridized carbons (Fsp3) is 0.222. The van der Waals surface area contributed by atoms with Crippen molar-refractivity contribution >= 4 is 23.4 Å². The van der Waals surface area contributed by atoms with Crippen molar-refractivity contribution in [2.45, 2.75) is 37.4 Å². The molecule has 0 aliphatic rings. The predicted molar refractivity (Wildman–Crippen MR) is 141 cm³/mol. The van der Waals surface area contributed by atoms with Gasteiger partial charge < -0.3 is 10.1 Å². The van der Waals surface area contributed by atoms with Crippen LogP contribution in [0.3, 0.4) is 0 Å². The number of carbonyl (C=O) groups excluding carboxylic acids is 1. The van der Waals surface area contributed by atoms with Crippen molar-refractivity contribution in [1.82, 2.24) is 20.1 Å². The molecule has 37 heavy (non-hydrogen) atoms. The molecule has 0 aliphatic carbocycles. The molecule has 4 rings (SSSR count). The molecule has 1 unspecified atom stereocenters. The number of nitrogens with one attached hydrogen (secondary N) is 1. The van der Waals surface area contributed by atoms with Crippen LogP contribution in [-0.2, 0) is 21.9 Å². The van der Waals surface area contributed by atoms with Crippen molar-refractivity contribution in [1.29, 1.82) is 0 Å². The number of nitrogens with zero attached hydrogens (tertiary/aromatic N) is 4. The van der Waals surface area contributed by atoms with Gasteiger partial charge in [0.05, 0.1) is 17.6 Å². The standard InChI is InChI=1S/C27H27N5O4S/c1-19-7-6-10-22(15-19)18-37-27-30-29-26(31(27)23-11-13-24(14-12-23)32(34)35)20(2)28-25(33)17-36-16-21-8-4-3-5-9-21/h3-15,20H,16-18H2,1-2H3,(H,28,33). The Balaban J connectivity index is 1.50. The molecule has 0 aliphatic heterocycles. The number of nitro groups is 1. The van der Waals surface area contributed by atoms with E-state index in [0.29, 0.717) is 29.0 Å². The van der Waals surface area contributed by atoms with Crippen LogP contribution < -0.4 is 5.32 Å². The van der Waals surface area contributed by atoms with E-state index in [1.807, 2.05) is 66.9 Å². The monoisotopic (exact) mass is 517 g/mol.